The molecule has 1 amide bonds. The Labute approximate surface area is 149 Å². The van der Waals surface area contributed by atoms with Crippen molar-refractivity contribution >= 4 is 17.5 Å². The van der Waals surface area contributed by atoms with Gasteiger partial charge in [-0.2, -0.15) is 0 Å². The number of carbonyl (C=O) groups excluding carboxylic acids is 1. The molecule has 0 unspecified atom stereocenters. The van der Waals surface area contributed by atoms with Crippen LogP contribution in [-0.4, -0.2) is 57.2 Å². The first-order valence-electron chi connectivity index (χ1n) is 8.61. The third kappa shape index (κ3) is 6.77. The van der Waals surface area contributed by atoms with Crippen LogP contribution in [-0.2, 0) is 16.1 Å². The van der Waals surface area contributed by atoms with Gasteiger partial charge in [0.25, 0.3) is 0 Å². The van der Waals surface area contributed by atoms with Crippen molar-refractivity contribution in [2.24, 2.45) is 5.92 Å². The molecule has 1 aromatic carbocycles. The number of methoxy groups -OCH3 is 1. The lowest BCUT2D eigenvalue weighted by atomic mass is 9.96. The molecule has 1 aromatic rings. The summed E-state index contributed by atoms with van der Waals surface area (Å²) in [6.45, 7) is 5.46. The van der Waals surface area contributed by atoms with E-state index < -0.39 is 0 Å². The average Bonchev–Trinajstić information content (AvgIpc) is 2.60. The van der Waals surface area contributed by atoms with E-state index in [9.17, 15) is 4.79 Å². The van der Waals surface area contributed by atoms with E-state index >= 15 is 0 Å². The van der Waals surface area contributed by atoms with Crippen molar-refractivity contribution in [2.75, 3.05) is 46.4 Å². The van der Waals surface area contributed by atoms with Gasteiger partial charge < -0.3 is 15.4 Å². The number of likely N-dealkylation sites (tertiary alicyclic amines) is 1. The Morgan fingerprint density at radius 1 is 1.33 bits per heavy atom. The summed E-state index contributed by atoms with van der Waals surface area (Å²) in [5.74, 6) is 0.625. The first-order chi connectivity index (χ1) is 11.7. The zero-order valence-corrected chi connectivity index (χ0v) is 15.1. The van der Waals surface area contributed by atoms with Gasteiger partial charge in [0.05, 0.1) is 13.2 Å². The van der Waals surface area contributed by atoms with E-state index in [1.165, 1.54) is 5.56 Å². The van der Waals surface area contributed by atoms with Crippen LogP contribution in [0, 0.1) is 5.92 Å². The van der Waals surface area contributed by atoms with Crippen molar-refractivity contribution in [3.05, 3.63) is 34.9 Å². The average molecular weight is 354 g/mol. The molecule has 0 atom stereocenters. The molecule has 1 fully saturated rings. The Balaban J connectivity index is 1.61. The van der Waals surface area contributed by atoms with E-state index in [2.05, 4.69) is 21.6 Å². The number of halogens is 1. The van der Waals surface area contributed by atoms with Gasteiger partial charge in [-0.1, -0.05) is 29.8 Å². The maximum Gasteiger partial charge on any atom is 0.233 e. The third-order valence-corrected chi connectivity index (χ3v) is 4.78. The fraction of sp³-hybridized carbons (Fsp3) is 0.611. The van der Waals surface area contributed by atoms with E-state index in [1.54, 1.807) is 7.11 Å². The lowest BCUT2D eigenvalue weighted by Crippen LogP contribution is -2.41. The number of amides is 1. The van der Waals surface area contributed by atoms with E-state index in [4.69, 9.17) is 16.3 Å². The predicted octanol–water partition coefficient (Wildman–Crippen LogP) is 1.90. The molecule has 0 radical (unpaired) electrons. The highest BCUT2D eigenvalue weighted by Crippen LogP contribution is 2.21. The Morgan fingerprint density at radius 2 is 2.08 bits per heavy atom. The molecule has 5 nitrogen and oxygen atoms in total. The quantitative estimate of drug-likeness (QED) is 0.666. The first kappa shape index (κ1) is 19.2. The van der Waals surface area contributed by atoms with Gasteiger partial charge in [0, 0.05) is 31.8 Å². The van der Waals surface area contributed by atoms with Crippen molar-refractivity contribution in [1.29, 1.82) is 0 Å². The van der Waals surface area contributed by atoms with Crippen molar-refractivity contribution in [1.82, 2.24) is 15.5 Å². The summed E-state index contributed by atoms with van der Waals surface area (Å²) in [6, 6.07) is 8.03. The fourth-order valence-corrected chi connectivity index (χ4v) is 3.11. The zero-order chi connectivity index (χ0) is 17.2. The van der Waals surface area contributed by atoms with Crippen LogP contribution in [0.3, 0.4) is 0 Å². The number of hydrogen-bond donors (Lipinski definition) is 2. The molecule has 1 aliphatic rings. The van der Waals surface area contributed by atoms with E-state index in [1.807, 2.05) is 18.2 Å². The fourth-order valence-electron chi connectivity index (χ4n) is 2.91. The number of benzene rings is 1. The molecule has 6 heteroatoms. The van der Waals surface area contributed by atoms with Gasteiger partial charge in [-0.3, -0.25) is 9.69 Å². The molecule has 0 spiro atoms. The summed E-state index contributed by atoms with van der Waals surface area (Å²) >= 11 is 6.23. The van der Waals surface area contributed by atoms with Crippen molar-refractivity contribution in [3.63, 3.8) is 0 Å². The molecule has 2 N–H and O–H groups in total. The predicted molar refractivity (Wildman–Crippen MR) is 97.2 cm³/mol. The molecule has 1 heterocycles. The van der Waals surface area contributed by atoms with Gasteiger partial charge in [0.1, 0.15) is 0 Å². The maximum atomic E-state index is 11.8. The minimum absolute atomic E-state index is 0.0598. The molecule has 0 aromatic heterocycles. The Hall–Kier alpha value is -1.14. The molecule has 1 saturated heterocycles. The lowest BCUT2D eigenvalue weighted by Gasteiger charge is -2.32. The standard InChI is InChI=1S/C18H28ClN3O2/c1-24-11-8-20-13-18(23)21-12-15-6-9-22(10-7-15)14-16-4-2-3-5-17(16)19/h2-5,15,20H,6-14H2,1H3,(H,21,23). The molecule has 0 saturated carbocycles. The second-order valence-corrected chi connectivity index (χ2v) is 6.69. The maximum absolute atomic E-state index is 11.8. The van der Waals surface area contributed by atoms with Gasteiger partial charge in [-0.15, -0.1) is 0 Å². The largest absolute Gasteiger partial charge is 0.383 e. The van der Waals surface area contributed by atoms with Gasteiger partial charge in [0.2, 0.25) is 5.91 Å². The van der Waals surface area contributed by atoms with Gasteiger partial charge in [0.15, 0.2) is 0 Å². The van der Waals surface area contributed by atoms with Crippen LogP contribution in [0.1, 0.15) is 18.4 Å². The van der Waals surface area contributed by atoms with Gasteiger partial charge in [-0.05, 0) is 43.5 Å². The number of nitrogens with one attached hydrogen (secondary N) is 2. The molecule has 134 valence electrons. The highest BCUT2D eigenvalue weighted by molar-refractivity contribution is 6.31. The van der Waals surface area contributed by atoms with Crippen LogP contribution in [0.5, 0.6) is 0 Å². The molecule has 24 heavy (non-hydrogen) atoms. The van der Waals surface area contributed by atoms with Gasteiger partial charge in [-0.25, -0.2) is 0 Å². The summed E-state index contributed by atoms with van der Waals surface area (Å²) in [5.41, 5.74) is 1.19. The summed E-state index contributed by atoms with van der Waals surface area (Å²) in [5, 5.41) is 6.92. The van der Waals surface area contributed by atoms with Crippen molar-refractivity contribution in [3.8, 4) is 0 Å². The monoisotopic (exact) mass is 353 g/mol. The molecule has 1 aliphatic heterocycles. The van der Waals surface area contributed by atoms with Crippen LogP contribution < -0.4 is 10.6 Å². The van der Waals surface area contributed by atoms with Crippen molar-refractivity contribution < 1.29 is 9.53 Å². The Kier molecular flexibility index (Phi) is 8.53. The van der Waals surface area contributed by atoms with Crippen molar-refractivity contribution in [2.45, 2.75) is 19.4 Å². The molecular formula is C18H28ClN3O2. The summed E-state index contributed by atoms with van der Waals surface area (Å²) < 4.78 is 4.93. The van der Waals surface area contributed by atoms with Crippen LogP contribution in [0.15, 0.2) is 24.3 Å². The second-order valence-electron chi connectivity index (χ2n) is 6.28. The van der Waals surface area contributed by atoms with E-state index in [-0.39, 0.29) is 5.91 Å². The number of ether oxygens (including phenoxy) is 1. The number of hydrogen-bond acceptors (Lipinski definition) is 4. The first-order valence-corrected chi connectivity index (χ1v) is 8.99. The molecule has 2 rings (SSSR count). The van der Waals surface area contributed by atoms with E-state index in [0.29, 0.717) is 25.6 Å². The normalized spacial score (nSPS) is 16.2. The molecule has 0 aliphatic carbocycles. The van der Waals surface area contributed by atoms with E-state index in [0.717, 1.165) is 44.0 Å². The topological polar surface area (TPSA) is 53.6 Å². The SMILES string of the molecule is COCCNCC(=O)NCC1CCN(Cc2ccccc2Cl)CC1. The summed E-state index contributed by atoms with van der Waals surface area (Å²) in [7, 11) is 1.65. The minimum Gasteiger partial charge on any atom is -0.383 e. The number of carbonyl (C=O) groups is 1. The second kappa shape index (κ2) is 10.7. The number of piperidine rings is 1. The molecule has 0 bridgehead atoms. The lowest BCUT2D eigenvalue weighted by molar-refractivity contribution is -0.120. The Morgan fingerprint density at radius 3 is 2.79 bits per heavy atom. The summed E-state index contributed by atoms with van der Waals surface area (Å²) in [4.78, 5) is 14.2. The Bertz CT molecular complexity index is 505. The number of rotatable bonds is 9. The minimum atomic E-state index is 0.0598. The third-order valence-electron chi connectivity index (χ3n) is 4.42. The van der Waals surface area contributed by atoms with Crippen LogP contribution in [0.25, 0.3) is 0 Å². The highest BCUT2D eigenvalue weighted by atomic mass is 35.5. The smallest absolute Gasteiger partial charge is 0.233 e. The molecular weight excluding hydrogens is 326 g/mol. The van der Waals surface area contributed by atoms with Crippen LogP contribution in [0.2, 0.25) is 5.02 Å². The highest BCUT2D eigenvalue weighted by Gasteiger charge is 2.20. The van der Waals surface area contributed by atoms with Crippen LogP contribution >= 0.6 is 11.6 Å². The van der Waals surface area contributed by atoms with Gasteiger partial charge >= 0.3 is 0 Å². The van der Waals surface area contributed by atoms with Crippen LogP contribution in [0.4, 0.5) is 0 Å². The summed E-state index contributed by atoms with van der Waals surface area (Å²) in [6.07, 6.45) is 2.23. The number of nitrogens with zero attached hydrogens (tertiary/aromatic N) is 1. The zero-order valence-electron chi connectivity index (χ0n) is 14.4.